The number of hydrogen-bond acceptors (Lipinski definition) is 3. The lowest BCUT2D eigenvalue weighted by molar-refractivity contribution is 0.0697. The molecule has 0 saturated heterocycles. The number of aromatic carboxylic acids is 1. The Kier molecular flexibility index (Phi) is 3.28. The molecule has 4 nitrogen and oxygen atoms in total. The van der Waals surface area contributed by atoms with Gasteiger partial charge in [0.15, 0.2) is 0 Å². The molecule has 0 aliphatic carbocycles. The predicted octanol–water partition coefficient (Wildman–Crippen LogP) is 1.75. The summed E-state index contributed by atoms with van der Waals surface area (Å²) in [5.41, 5.74) is 3.68. The topological polar surface area (TPSA) is 58.6 Å². The smallest absolute Gasteiger partial charge is 0.335 e. The van der Waals surface area contributed by atoms with Gasteiger partial charge in [-0.15, -0.1) is 0 Å². The average Bonchev–Trinajstić information content (AvgIpc) is 2.15. The fourth-order valence-corrected chi connectivity index (χ4v) is 0.836. The number of rotatable bonds is 4. The van der Waals surface area contributed by atoms with Crippen molar-refractivity contribution < 1.29 is 14.7 Å². The van der Waals surface area contributed by atoms with Crippen molar-refractivity contribution >= 4 is 11.7 Å². The molecule has 0 fully saturated rings. The molecule has 1 aromatic carbocycles. The molecule has 2 N–H and O–H groups in total. The largest absolute Gasteiger partial charge is 0.478 e. The van der Waals surface area contributed by atoms with Gasteiger partial charge < -0.3 is 5.11 Å². The van der Waals surface area contributed by atoms with Gasteiger partial charge in [-0.1, -0.05) is 0 Å². The van der Waals surface area contributed by atoms with E-state index < -0.39 is 5.97 Å². The lowest BCUT2D eigenvalue weighted by Crippen LogP contribution is -2.01. The Bertz CT molecular complexity index is 281. The Morgan fingerprint density at radius 1 is 1.46 bits per heavy atom. The highest BCUT2D eigenvalue weighted by Crippen LogP contribution is 2.09. The molecule has 0 aliphatic heterocycles. The van der Waals surface area contributed by atoms with E-state index in [1.165, 1.54) is 12.1 Å². The summed E-state index contributed by atoms with van der Waals surface area (Å²) in [4.78, 5) is 15.4. The second kappa shape index (κ2) is 4.47. The van der Waals surface area contributed by atoms with Crippen molar-refractivity contribution in [1.29, 1.82) is 0 Å². The van der Waals surface area contributed by atoms with Crippen molar-refractivity contribution in [1.82, 2.24) is 0 Å². The molecule has 0 unspecified atom stereocenters. The van der Waals surface area contributed by atoms with Crippen molar-refractivity contribution in [3.05, 3.63) is 29.8 Å². The molecule has 0 radical (unpaired) electrons. The first-order chi connectivity index (χ1) is 6.24. The number of carboxylic acids is 1. The summed E-state index contributed by atoms with van der Waals surface area (Å²) in [6.45, 7) is 2.42. The fourth-order valence-electron chi connectivity index (χ4n) is 0.836. The minimum atomic E-state index is -0.928. The molecule has 4 heteroatoms. The summed E-state index contributed by atoms with van der Waals surface area (Å²) in [5.74, 6) is -0.928. The summed E-state index contributed by atoms with van der Waals surface area (Å²) < 4.78 is 0. The van der Waals surface area contributed by atoms with Gasteiger partial charge >= 0.3 is 5.97 Å². The first-order valence-corrected chi connectivity index (χ1v) is 3.95. The van der Waals surface area contributed by atoms with Crippen LogP contribution in [-0.4, -0.2) is 17.7 Å². The van der Waals surface area contributed by atoms with Crippen LogP contribution in [-0.2, 0) is 4.84 Å². The third kappa shape index (κ3) is 2.76. The minimum Gasteiger partial charge on any atom is -0.478 e. The molecule has 0 spiro atoms. The Hall–Kier alpha value is -1.55. The highest BCUT2D eigenvalue weighted by molar-refractivity contribution is 5.87. The Balaban J connectivity index is 2.64. The lowest BCUT2D eigenvalue weighted by atomic mass is 10.2. The lowest BCUT2D eigenvalue weighted by Gasteiger charge is -2.04. The normalized spacial score (nSPS) is 9.62. The number of carbonyl (C=O) groups is 1. The molecule has 1 rings (SSSR count). The molecular weight excluding hydrogens is 170 g/mol. The average molecular weight is 181 g/mol. The molecule has 13 heavy (non-hydrogen) atoms. The van der Waals surface area contributed by atoms with Gasteiger partial charge in [0.2, 0.25) is 0 Å². The quantitative estimate of drug-likeness (QED) is 0.695. The van der Waals surface area contributed by atoms with Crippen molar-refractivity contribution in [2.24, 2.45) is 0 Å². The molecule has 0 heterocycles. The Morgan fingerprint density at radius 3 is 2.54 bits per heavy atom. The van der Waals surface area contributed by atoms with E-state index in [4.69, 9.17) is 9.94 Å². The standard InChI is InChI=1S/C9H11NO3/c1-2-13-10-8-5-3-7(4-6-8)9(11)12/h3-6,10H,2H2,1H3,(H,11,12). The third-order valence-electron chi connectivity index (χ3n) is 1.47. The van der Waals surface area contributed by atoms with Crippen LogP contribution in [0.1, 0.15) is 17.3 Å². The maximum atomic E-state index is 10.5. The number of nitrogens with one attached hydrogen (secondary N) is 1. The van der Waals surface area contributed by atoms with E-state index in [1.807, 2.05) is 6.92 Å². The van der Waals surface area contributed by atoms with Crippen LogP contribution in [0, 0.1) is 0 Å². The van der Waals surface area contributed by atoms with Crippen LogP contribution in [0.25, 0.3) is 0 Å². The van der Waals surface area contributed by atoms with Crippen LogP contribution in [0.4, 0.5) is 5.69 Å². The second-order valence-corrected chi connectivity index (χ2v) is 2.42. The van der Waals surface area contributed by atoms with Gasteiger partial charge in [0, 0.05) is 0 Å². The van der Waals surface area contributed by atoms with Gasteiger partial charge in [0.1, 0.15) is 0 Å². The number of benzene rings is 1. The van der Waals surface area contributed by atoms with Gasteiger partial charge in [-0.05, 0) is 31.2 Å². The highest BCUT2D eigenvalue weighted by atomic mass is 16.6. The second-order valence-electron chi connectivity index (χ2n) is 2.42. The van der Waals surface area contributed by atoms with Gasteiger partial charge in [-0.2, -0.15) is 0 Å². The van der Waals surface area contributed by atoms with Gasteiger partial charge in [-0.3, -0.25) is 10.3 Å². The SMILES string of the molecule is CCONc1ccc(C(=O)O)cc1. The number of anilines is 1. The van der Waals surface area contributed by atoms with E-state index in [0.29, 0.717) is 6.61 Å². The zero-order chi connectivity index (χ0) is 9.68. The van der Waals surface area contributed by atoms with E-state index >= 15 is 0 Å². The van der Waals surface area contributed by atoms with E-state index in [9.17, 15) is 4.79 Å². The van der Waals surface area contributed by atoms with Gasteiger partial charge in [0.05, 0.1) is 17.9 Å². The molecule has 1 aromatic rings. The molecule has 70 valence electrons. The van der Waals surface area contributed by atoms with Crippen molar-refractivity contribution in [2.45, 2.75) is 6.92 Å². The van der Waals surface area contributed by atoms with E-state index in [1.54, 1.807) is 12.1 Å². The predicted molar refractivity (Wildman–Crippen MR) is 48.7 cm³/mol. The van der Waals surface area contributed by atoms with Gasteiger partial charge in [-0.25, -0.2) is 4.79 Å². The zero-order valence-corrected chi connectivity index (χ0v) is 7.28. The van der Waals surface area contributed by atoms with Crippen LogP contribution in [0.15, 0.2) is 24.3 Å². The van der Waals surface area contributed by atoms with E-state index in [-0.39, 0.29) is 5.56 Å². The van der Waals surface area contributed by atoms with Crippen LogP contribution in [0.5, 0.6) is 0 Å². The van der Waals surface area contributed by atoms with E-state index in [0.717, 1.165) is 5.69 Å². The highest BCUT2D eigenvalue weighted by Gasteiger charge is 2.00. The summed E-state index contributed by atoms with van der Waals surface area (Å²) in [7, 11) is 0. The first-order valence-electron chi connectivity index (χ1n) is 3.95. The fraction of sp³-hybridized carbons (Fsp3) is 0.222. The maximum Gasteiger partial charge on any atom is 0.335 e. The van der Waals surface area contributed by atoms with Crippen LogP contribution in [0.3, 0.4) is 0 Å². The van der Waals surface area contributed by atoms with Crippen molar-refractivity contribution in [3.63, 3.8) is 0 Å². The molecule has 0 aromatic heterocycles. The van der Waals surface area contributed by atoms with Crippen LogP contribution >= 0.6 is 0 Å². The monoisotopic (exact) mass is 181 g/mol. The molecule has 0 atom stereocenters. The molecule has 0 bridgehead atoms. The van der Waals surface area contributed by atoms with E-state index in [2.05, 4.69) is 5.48 Å². The van der Waals surface area contributed by atoms with Crippen LogP contribution < -0.4 is 5.48 Å². The van der Waals surface area contributed by atoms with Crippen molar-refractivity contribution in [2.75, 3.05) is 12.1 Å². The summed E-state index contributed by atoms with van der Waals surface area (Å²) >= 11 is 0. The zero-order valence-electron chi connectivity index (χ0n) is 7.28. The third-order valence-corrected chi connectivity index (χ3v) is 1.47. The number of carboxylic acid groups (broad SMARTS) is 1. The summed E-state index contributed by atoms with van der Waals surface area (Å²) in [5, 5.41) is 8.60. The van der Waals surface area contributed by atoms with Crippen LogP contribution in [0.2, 0.25) is 0 Å². The Labute approximate surface area is 76.1 Å². The molecule has 0 aliphatic rings. The van der Waals surface area contributed by atoms with Crippen molar-refractivity contribution in [3.8, 4) is 0 Å². The summed E-state index contributed by atoms with van der Waals surface area (Å²) in [6, 6.07) is 6.34. The molecule has 0 saturated carbocycles. The molecule has 0 amide bonds. The molecular formula is C9H11NO3. The Morgan fingerprint density at radius 2 is 2.08 bits per heavy atom. The van der Waals surface area contributed by atoms with Gasteiger partial charge in [0.25, 0.3) is 0 Å². The summed E-state index contributed by atoms with van der Waals surface area (Å²) in [6.07, 6.45) is 0. The number of hydrogen-bond donors (Lipinski definition) is 2. The maximum absolute atomic E-state index is 10.5. The first kappa shape index (κ1) is 9.54. The minimum absolute atomic E-state index is 0.266.